The molecule has 0 bridgehead atoms. The van der Waals surface area contributed by atoms with E-state index in [0.29, 0.717) is 10.6 Å². The van der Waals surface area contributed by atoms with E-state index in [4.69, 9.17) is 11.2 Å². The minimum absolute atomic E-state index is 0.0853. The summed E-state index contributed by atoms with van der Waals surface area (Å²) in [6.07, 6.45) is 5.44. The Balaban J connectivity index is 2.07. The Bertz CT molecular complexity index is 1100. The molecule has 7 nitrogen and oxygen atoms in total. The molecule has 0 N–H and O–H groups in total. The third-order valence-electron chi connectivity index (χ3n) is 3.66. The van der Waals surface area contributed by atoms with E-state index in [1.165, 1.54) is 35.6 Å². The molecule has 130 valence electrons. The molecule has 0 spiro atoms. The molecule has 1 amide bonds. The number of terminal acetylenes is 1. The number of methoxy groups -OCH3 is 1. The molecule has 0 unspecified atom stereocenters. The quantitative estimate of drug-likeness (QED) is 0.403. The van der Waals surface area contributed by atoms with Gasteiger partial charge in [0.05, 0.1) is 28.8 Å². The molecule has 0 fully saturated rings. The molecule has 0 atom stereocenters. The second-order valence-electron chi connectivity index (χ2n) is 5.23. The van der Waals surface area contributed by atoms with E-state index >= 15 is 0 Å². The van der Waals surface area contributed by atoms with Gasteiger partial charge in [0.25, 0.3) is 11.6 Å². The van der Waals surface area contributed by atoms with Gasteiger partial charge in [-0.3, -0.25) is 14.9 Å². The van der Waals surface area contributed by atoms with Crippen LogP contribution in [0.15, 0.2) is 47.5 Å². The zero-order valence-electron chi connectivity index (χ0n) is 13.7. The molecular formula is C18H13N3O4S. The number of amides is 1. The molecule has 26 heavy (non-hydrogen) atoms. The van der Waals surface area contributed by atoms with Gasteiger partial charge in [0.15, 0.2) is 4.80 Å². The van der Waals surface area contributed by atoms with Crippen LogP contribution in [0.1, 0.15) is 10.4 Å². The van der Waals surface area contributed by atoms with Gasteiger partial charge in [0, 0.05) is 17.7 Å². The molecule has 8 heteroatoms. The topological polar surface area (TPSA) is 86.7 Å². The molecule has 1 aromatic heterocycles. The summed E-state index contributed by atoms with van der Waals surface area (Å²) in [5.74, 6) is 2.75. The lowest BCUT2D eigenvalue weighted by Crippen LogP contribution is -2.16. The molecule has 3 aromatic rings. The SMILES string of the molecule is C#CCn1c(=NC(=O)c2ccc([N+](=O)[O-])cc2)sc2cc(OC)ccc21. The Morgan fingerprint density at radius 3 is 2.69 bits per heavy atom. The molecule has 3 rings (SSSR count). The summed E-state index contributed by atoms with van der Waals surface area (Å²) in [6.45, 7) is 0.263. The predicted octanol–water partition coefficient (Wildman–Crippen LogP) is 2.99. The number of fused-ring (bicyclic) bond motifs is 1. The number of non-ortho nitro benzene ring substituents is 1. The van der Waals surface area contributed by atoms with Crippen molar-refractivity contribution in [2.75, 3.05) is 7.11 Å². The summed E-state index contributed by atoms with van der Waals surface area (Å²) >= 11 is 1.32. The number of nitrogens with zero attached hydrogens (tertiary/aromatic N) is 3. The van der Waals surface area contributed by atoms with Crippen molar-refractivity contribution in [2.24, 2.45) is 4.99 Å². The van der Waals surface area contributed by atoms with E-state index in [1.807, 2.05) is 18.2 Å². The fourth-order valence-corrected chi connectivity index (χ4v) is 3.44. The first-order valence-electron chi connectivity index (χ1n) is 7.48. The number of carbonyl (C=O) groups excluding carboxylic acids is 1. The van der Waals surface area contributed by atoms with E-state index in [9.17, 15) is 14.9 Å². The van der Waals surface area contributed by atoms with Crippen LogP contribution in [0.5, 0.6) is 5.75 Å². The number of nitro groups is 1. The maximum absolute atomic E-state index is 12.4. The molecule has 0 radical (unpaired) electrons. The van der Waals surface area contributed by atoms with E-state index in [2.05, 4.69) is 10.9 Å². The van der Waals surface area contributed by atoms with Crippen molar-refractivity contribution in [3.63, 3.8) is 0 Å². The van der Waals surface area contributed by atoms with Gasteiger partial charge in [0.2, 0.25) is 0 Å². The standard InChI is InChI=1S/C18H13N3O4S/c1-3-10-20-15-9-8-14(25-2)11-16(15)26-18(20)19-17(22)12-4-6-13(7-5-12)21(23)24/h1,4-9,11H,10H2,2H3. The normalized spacial score (nSPS) is 11.3. The summed E-state index contributed by atoms with van der Waals surface area (Å²) in [5, 5.41) is 10.7. The maximum atomic E-state index is 12.4. The van der Waals surface area contributed by atoms with Crippen molar-refractivity contribution in [3.8, 4) is 18.1 Å². The number of hydrogen-bond acceptors (Lipinski definition) is 5. The fourth-order valence-electron chi connectivity index (χ4n) is 2.39. The van der Waals surface area contributed by atoms with Crippen LogP contribution in [0.2, 0.25) is 0 Å². The lowest BCUT2D eigenvalue weighted by Gasteiger charge is -2.01. The second kappa shape index (κ2) is 7.21. The summed E-state index contributed by atoms with van der Waals surface area (Å²) in [4.78, 5) is 27.2. The Morgan fingerprint density at radius 2 is 2.08 bits per heavy atom. The van der Waals surface area contributed by atoms with Crippen molar-refractivity contribution in [3.05, 3.63) is 62.9 Å². The maximum Gasteiger partial charge on any atom is 0.279 e. The van der Waals surface area contributed by atoms with Crippen LogP contribution >= 0.6 is 11.3 Å². The molecule has 0 aliphatic heterocycles. The smallest absolute Gasteiger partial charge is 0.279 e. The number of benzene rings is 2. The van der Waals surface area contributed by atoms with Crippen LogP contribution in [-0.2, 0) is 6.54 Å². The van der Waals surface area contributed by atoms with E-state index in [-0.39, 0.29) is 17.8 Å². The lowest BCUT2D eigenvalue weighted by atomic mass is 10.2. The number of rotatable bonds is 4. The molecular weight excluding hydrogens is 354 g/mol. The van der Waals surface area contributed by atoms with Gasteiger partial charge in [-0.05, 0) is 30.3 Å². The van der Waals surface area contributed by atoms with Gasteiger partial charge in [-0.25, -0.2) is 0 Å². The molecule has 0 aliphatic carbocycles. The van der Waals surface area contributed by atoms with Crippen LogP contribution in [0.25, 0.3) is 10.2 Å². The van der Waals surface area contributed by atoms with E-state index in [1.54, 1.807) is 11.7 Å². The summed E-state index contributed by atoms with van der Waals surface area (Å²) in [6, 6.07) is 10.8. The van der Waals surface area contributed by atoms with Crippen molar-refractivity contribution in [1.29, 1.82) is 0 Å². The van der Waals surface area contributed by atoms with Gasteiger partial charge in [0.1, 0.15) is 5.75 Å². The highest BCUT2D eigenvalue weighted by Gasteiger charge is 2.11. The first-order chi connectivity index (χ1) is 12.5. The van der Waals surface area contributed by atoms with E-state index in [0.717, 1.165) is 10.2 Å². The Labute approximate surface area is 152 Å². The van der Waals surface area contributed by atoms with Crippen LogP contribution < -0.4 is 9.54 Å². The Kier molecular flexibility index (Phi) is 4.82. The number of hydrogen-bond donors (Lipinski definition) is 0. The average Bonchev–Trinajstić information content (AvgIpc) is 2.98. The minimum atomic E-state index is -0.522. The zero-order valence-corrected chi connectivity index (χ0v) is 14.5. The number of thiazole rings is 1. The van der Waals surface area contributed by atoms with Gasteiger partial charge >= 0.3 is 0 Å². The van der Waals surface area contributed by atoms with Gasteiger partial charge < -0.3 is 9.30 Å². The van der Waals surface area contributed by atoms with Gasteiger partial charge in [-0.2, -0.15) is 4.99 Å². The highest BCUT2D eigenvalue weighted by atomic mass is 32.1. The van der Waals surface area contributed by atoms with Gasteiger partial charge in [-0.15, -0.1) is 6.42 Å². The summed E-state index contributed by atoms with van der Waals surface area (Å²) in [5.41, 5.74) is 1.03. The van der Waals surface area contributed by atoms with Crippen LogP contribution in [0, 0.1) is 22.5 Å². The summed E-state index contributed by atoms with van der Waals surface area (Å²) in [7, 11) is 1.58. The lowest BCUT2D eigenvalue weighted by molar-refractivity contribution is -0.384. The molecule has 1 heterocycles. The number of carbonyl (C=O) groups is 1. The van der Waals surface area contributed by atoms with Crippen molar-refractivity contribution < 1.29 is 14.5 Å². The molecule has 2 aromatic carbocycles. The fraction of sp³-hybridized carbons (Fsp3) is 0.111. The Hall–Kier alpha value is -3.44. The van der Waals surface area contributed by atoms with Crippen molar-refractivity contribution >= 4 is 33.1 Å². The first-order valence-corrected chi connectivity index (χ1v) is 8.29. The first kappa shape index (κ1) is 17.4. The number of aromatic nitrogens is 1. The number of ether oxygens (including phenoxy) is 1. The average molecular weight is 367 g/mol. The van der Waals surface area contributed by atoms with Crippen molar-refractivity contribution in [1.82, 2.24) is 4.57 Å². The highest BCUT2D eigenvalue weighted by molar-refractivity contribution is 7.16. The third-order valence-corrected chi connectivity index (χ3v) is 4.70. The molecule has 0 saturated carbocycles. The third kappa shape index (κ3) is 3.34. The monoisotopic (exact) mass is 367 g/mol. The zero-order chi connectivity index (χ0) is 18.7. The Morgan fingerprint density at radius 1 is 1.35 bits per heavy atom. The second-order valence-corrected chi connectivity index (χ2v) is 6.24. The van der Waals surface area contributed by atoms with Gasteiger partial charge in [-0.1, -0.05) is 17.3 Å². The summed E-state index contributed by atoms with van der Waals surface area (Å²) < 4.78 is 7.87. The molecule has 0 aliphatic rings. The largest absolute Gasteiger partial charge is 0.497 e. The van der Waals surface area contributed by atoms with Crippen LogP contribution in [0.3, 0.4) is 0 Å². The molecule has 0 saturated heterocycles. The van der Waals surface area contributed by atoms with Crippen LogP contribution in [0.4, 0.5) is 5.69 Å². The van der Waals surface area contributed by atoms with Crippen molar-refractivity contribution in [2.45, 2.75) is 6.54 Å². The highest BCUT2D eigenvalue weighted by Crippen LogP contribution is 2.23. The van der Waals surface area contributed by atoms with E-state index < -0.39 is 10.8 Å². The van der Waals surface area contributed by atoms with Crippen LogP contribution in [-0.4, -0.2) is 22.5 Å². The predicted molar refractivity (Wildman–Crippen MR) is 98.2 cm³/mol. The number of nitro benzene ring substituents is 1. The minimum Gasteiger partial charge on any atom is -0.497 e.